The maximum Gasteiger partial charge on any atom is -0.00805 e. The molecule has 0 aromatic heterocycles. The fourth-order valence-corrected chi connectivity index (χ4v) is 11.3. The summed E-state index contributed by atoms with van der Waals surface area (Å²) in [6.07, 6.45) is 0. The van der Waals surface area contributed by atoms with Crippen LogP contribution in [0, 0.1) is 70.9 Å². The van der Waals surface area contributed by atoms with Crippen LogP contribution < -0.4 is 0 Å². The minimum Gasteiger partial charge on any atom is -0.0761 e. The largest absolute Gasteiger partial charge is 0.0761 e. The average molecular weight is 617 g/mol. The smallest absolute Gasteiger partial charge is 0.00805 e. The summed E-state index contributed by atoms with van der Waals surface area (Å²) < 4.78 is 0. The van der Waals surface area contributed by atoms with Gasteiger partial charge in [-0.15, -0.1) is 0 Å². The predicted octanol–water partition coefficient (Wildman–Crippen LogP) is 15.3. The summed E-state index contributed by atoms with van der Waals surface area (Å²) in [6, 6.07) is 0. The molecule has 0 N–H and O–H groups in total. The Balaban J connectivity index is 7.63. The molecule has 0 rings (SSSR count). The lowest BCUT2D eigenvalue weighted by Gasteiger charge is -2.73. The third-order valence-corrected chi connectivity index (χ3v) is 18.4. The summed E-state index contributed by atoms with van der Waals surface area (Å²) in [6.45, 7) is 73.5. The Morgan fingerprint density at radius 3 is 0.750 bits per heavy atom. The van der Waals surface area contributed by atoms with Crippen LogP contribution in [0.25, 0.3) is 0 Å². The van der Waals surface area contributed by atoms with Crippen molar-refractivity contribution in [2.45, 2.75) is 201 Å². The second-order valence-electron chi connectivity index (χ2n) is 22.9. The molecule has 0 aliphatic carbocycles. The Hall–Kier alpha value is -0.260. The number of hydrogen-bond donors (Lipinski definition) is 0. The summed E-state index contributed by atoms with van der Waals surface area (Å²) in [5, 5.41) is 0. The van der Waals surface area contributed by atoms with Gasteiger partial charge in [0.25, 0.3) is 0 Å². The van der Waals surface area contributed by atoms with E-state index < -0.39 is 0 Å². The summed E-state index contributed by atoms with van der Waals surface area (Å²) in [4.78, 5) is 0. The SMILES string of the molecule is CC(C)=C(C(C)(C)C)C(C)(C)C(C)(C)C(C)(C)C(C)(C)C(C)(C)C(C)(C)C(C)(C)C(C)(C)C(C)(C)C(C)(C(C)C)C(C)(C)C. The lowest BCUT2D eigenvalue weighted by atomic mass is 9.32. The Bertz CT molecular complexity index is 1040. The number of allylic oxidation sites excluding steroid dienone is 2. The fourth-order valence-electron chi connectivity index (χ4n) is 11.3. The summed E-state index contributed by atoms with van der Waals surface area (Å²) in [7, 11) is 0. The minimum absolute atomic E-state index is 0.000899. The van der Waals surface area contributed by atoms with Crippen molar-refractivity contribution >= 4 is 0 Å². The average Bonchev–Trinajstić information content (AvgIpc) is 2.74. The molecule has 0 aliphatic heterocycles. The van der Waals surface area contributed by atoms with E-state index in [4.69, 9.17) is 0 Å². The maximum absolute atomic E-state index is 2.61. The van der Waals surface area contributed by atoms with Gasteiger partial charge in [0.15, 0.2) is 0 Å². The molecule has 264 valence electrons. The quantitative estimate of drug-likeness (QED) is 0.203. The first-order valence-corrected chi connectivity index (χ1v) is 18.2. The molecular weight excluding hydrogens is 528 g/mol. The summed E-state index contributed by atoms with van der Waals surface area (Å²) in [5.41, 5.74) is 3.62. The molecule has 0 heterocycles. The van der Waals surface area contributed by atoms with Crippen molar-refractivity contribution in [1.82, 2.24) is 0 Å². The molecule has 1 unspecified atom stereocenters. The Morgan fingerprint density at radius 1 is 0.341 bits per heavy atom. The van der Waals surface area contributed by atoms with Gasteiger partial charge in [0.2, 0.25) is 0 Å². The van der Waals surface area contributed by atoms with Gasteiger partial charge in [-0.3, -0.25) is 0 Å². The second kappa shape index (κ2) is 11.4. The van der Waals surface area contributed by atoms with Crippen molar-refractivity contribution in [2.75, 3.05) is 0 Å². The van der Waals surface area contributed by atoms with E-state index in [2.05, 4.69) is 201 Å². The first-order chi connectivity index (χ1) is 18.5. The Kier molecular flexibility index (Phi) is 11.4. The van der Waals surface area contributed by atoms with Gasteiger partial charge in [-0.2, -0.15) is 0 Å². The highest BCUT2D eigenvalue weighted by Crippen LogP contribution is 2.76. The topological polar surface area (TPSA) is 0 Å². The van der Waals surface area contributed by atoms with Gasteiger partial charge >= 0.3 is 0 Å². The van der Waals surface area contributed by atoms with Gasteiger partial charge in [-0.05, 0) is 84.7 Å². The molecule has 0 saturated carbocycles. The molecule has 0 radical (unpaired) electrons. The molecule has 0 nitrogen and oxygen atoms in total. The Labute approximate surface area is 282 Å². The fraction of sp³-hybridized carbons (Fsp3) is 0.955. The van der Waals surface area contributed by atoms with Crippen LogP contribution in [-0.2, 0) is 0 Å². The molecule has 0 fully saturated rings. The molecule has 1 atom stereocenters. The third-order valence-electron chi connectivity index (χ3n) is 18.4. The first kappa shape index (κ1) is 43.7. The lowest BCUT2D eigenvalue weighted by molar-refractivity contribution is -0.245. The van der Waals surface area contributed by atoms with Crippen LogP contribution in [0.4, 0.5) is 0 Å². The maximum atomic E-state index is 2.61. The zero-order chi connectivity index (χ0) is 36.7. The zero-order valence-corrected chi connectivity index (χ0v) is 36.6. The molecule has 0 aromatic carbocycles. The Morgan fingerprint density at radius 2 is 0.568 bits per heavy atom. The third kappa shape index (κ3) is 5.55. The van der Waals surface area contributed by atoms with Crippen molar-refractivity contribution in [3.05, 3.63) is 11.1 Å². The van der Waals surface area contributed by atoms with E-state index in [1.165, 1.54) is 5.57 Å². The molecule has 0 aliphatic rings. The molecule has 0 heteroatoms. The van der Waals surface area contributed by atoms with E-state index in [-0.39, 0.29) is 65.0 Å². The van der Waals surface area contributed by atoms with Crippen LogP contribution in [0.1, 0.15) is 201 Å². The predicted molar refractivity (Wildman–Crippen MR) is 204 cm³/mol. The van der Waals surface area contributed by atoms with Crippen LogP contribution in [-0.4, -0.2) is 0 Å². The highest BCUT2D eigenvalue weighted by molar-refractivity contribution is 5.29. The van der Waals surface area contributed by atoms with Crippen LogP contribution in [0.2, 0.25) is 0 Å². The van der Waals surface area contributed by atoms with Crippen LogP contribution in [0.15, 0.2) is 11.1 Å². The van der Waals surface area contributed by atoms with Crippen molar-refractivity contribution in [1.29, 1.82) is 0 Å². The minimum atomic E-state index is -0.00344. The molecular formula is C44H88. The van der Waals surface area contributed by atoms with Crippen molar-refractivity contribution in [2.24, 2.45) is 70.9 Å². The van der Waals surface area contributed by atoms with Gasteiger partial charge < -0.3 is 0 Å². The normalized spacial score (nSPS) is 17.6. The van der Waals surface area contributed by atoms with Crippen LogP contribution >= 0.6 is 0 Å². The molecule has 0 amide bonds. The van der Waals surface area contributed by atoms with E-state index in [0.29, 0.717) is 5.92 Å². The summed E-state index contributed by atoms with van der Waals surface area (Å²) in [5.74, 6) is 0.564. The van der Waals surface area contributed by atoms with Gasteiger partial charge in [0.05, 0.1) is 0 Å². The lowest BCUT2D eigenvalue weighted by Crippen LogP contribution is -2.67. The number of rotatable bonds is 11. The van der Waals surface area contributed by atoms with Crippen LogP contribution in [0.5, 0.6) is 0 Å². The molecule has 0 saturated heterocycles. The van der Waals surface area contributed by atoms with Gasteiger partial charge in [0, 0.05) is 0 Å². The zero-order valence-electron chi connectivity index (χ0n) is 36.6. The second-order valence-corrected chi connectivity index (χ2v) is 22.9. The van der Waals surface area contributed by atoms with E-state index in [1.807, 2.05) is 0 Å². The van der Waals surface area contributed by atoms with Crippen molar-refractivity contribution in [3.8, 4) is 0 Å². The van der Waals surface area contributed by atoms with E-state index in [0.717, 1.165) is 0 Å². The van der Waals surface area contributed by atoms with E-state index in [9.17, 15) is 0 Å². The van der Waals surface area contributed by atoms with Gasteiger partial charge in [-0.1, -0.05) is 198 Å². The summed E-state index contributed by atoms with van der Waals surface area (Å²) >= 11 is 0. The highest BCUT2D eigenvalue weighted by Gasteiger charge is 2.69. The standard InChI is InChI=1S/C44H88/c1-30(2)32(33(5,6)7)35(11,12)36(13,14)37(15,16)38(17,18)39(19,20)40(21,22)41(23,24)42(25,26)43(27,28)44(29,31(3)4)34(8,9)10/h31H,1-29H3. The highest BCUT2D eigenvalue weighted by atomic mass is 14.7. The van der Waals surface area contributed by atoms with Crippen LogP contribution in [0.3, 0.4) is 0 Å². The molecule has 44 heavy (non-hydrogen) atoms. The molecule has 0 aromatic rings. The van der Waals surface area contributed by atoms with Gasteiger partial charge in [0.1, 0.15) is 0 Å². The van der Waals surface area contributed by atoms with Gasteiger partial charge in [-0.25, -0.2) is 0 Å². The van der Waals surface area contributed by atoms with E-state index in [1.54, 1.807) is 5.57 Å². The van der Waals surface area contributed by atoms with Crippen molar-refractivity contribution < 1.29 is 0 Å². The molecule has 0 spiro atoms. The molecule has 0 bridgehead atoms. The monoisotopic (exact) mass is 617 g/mol. The first-order valence-electron chi connectivity index (χ1n) is 18.2. The van der Waals surface area contributed by atoms with Crippen molar-refractivity contribution in [3.63, 3.8) is 0 Å². The van der Waals surface area contributed by atoms with E-state index >= 15 is 0 Å². The number of hydrogen-bond acceptors (Lipinski definition) is 0.